The molecule has 3 heteroatoms. The summed E-state index contributed by atoms with van der Waals surface area (Å²) in [4.78, 5) is 8.05. The summed E-state index contributed by atoms with van der Waals surface area (Å²) in [6.07, 6.45) is 1.87. The number of aromatic nitrogens is 2. The topological polar surface area (TPSA) is 54.7 Å². The van der Waals surface area contributed by atoms with E-state index in [1.54, 1.807) is 0 Å². The lowest BCUT2D eigenvalue weighted by Crippen LogP contribution is -1.95. The van der Waals surface area contributed by atoms with Gasteiger partial charge in [0.05, 0.1) is 11.2 Å². The second-order valence-electron chi connectivity index (χ2n) is 5.15. The molecule has 3 nitrogen and oxygen atoms in total. The molecule has 0 saturated carbocycles. The summed E-state index contributed by atoms with van der Waals surface area (Å²) >= 11 is 0. The fourth-order valence-corrected chi connectivity index (χ4v) is 2.79. The maximum absolute atomic E-state index is 5.66. The van der Waals surface area contributed by atoms with Crippen molar-refractivity contribution in [3.8, 4) is 11.3 Å². The summed E-state index contributed by atoms with van der Waals surface area (Å²) in [5.41, 5.74) is 11.1. The quantitative estimate of drug-likeness (QED) is 0.583. The first-order valence-corrected chi connectivity index (χ1v) is 7.01. The highest BCUT2D eigenvalue weighted by atomic mass is 14.8. The van der Waals surface area contributed by atoms with Gasteiger partial charge in [0.2, 0.25) is 0 Å². The lowest BCUT2D eigenvalue weighted by atomic mass is 10.1. The van der Waals surface area contributed by atoms with Crippen molar-refractivity contribution in [2.45, 2.75) is 6.54 Å². The molecular formula is C18H15N3. The number of aromatic amines is 1. The Morgan fingerprint density at radius 2 is 1.71 bits per heavy atom. The van der Waals surface area contributed by atoms with E-state index in [2.05, 4.69) is 58.5 Å². The minimum absolute atomic E-state index is 0.560. The number of hydrogen-bond donors (Lipinski definition) is 2. The van der Waals surface area contributed by atoms with Crippen LogP contribution in [0.4, 0.5) is 0 Å². The van der Waals surface area contributed by atoms with Gasteiger partial charge >= 0.3 is 0 Å². The Labute approximate surface area is 122 Å². The largest absolute Gasteiger partial charge is 0.353 e. The summed E-state index contributed by atoms with van der Waals surface area (Å²) in [6.45, 7) is 0.560. The van der Waals surface area contributed by atoms with E-state index in [1.807, 2.05) is 12.3 Å². The number of rotatable bonds is 2. The Kier molecular flexibility index (Phi) is 2.72. The van der Waals surface area contributed by atoms with Gasteiger partial charge in [0, 0.05) is 34.6 Å². The normalized spacial score (nSPS) is 11.3. The van der Waals surface area contributed by atoms with Gasteiger partial charge in [-0.05, 0) is 17.7 Å². The van der Waals surface area contributed by atoms with E-state index in [0.717, 1.165) is 27.9 Å². The molecule has 0 fully saturated rings. The molecule has 4 aromatic rings. The van der Waals surface area contributed by atoms with Crippen LogP contribution in [0.5, 0.6) is 0 Å². The molecule has 0 aliphatic carbocycles. The first-order valence-electron chi connectivity index (χ1n) is 7.01. The molecule has 3 N–H and O–H groups in total. The van der Waals surface area contributed by atoms with Crippen molar-refractivity contribution in [1.82, 2.24) is 9.97 Å². The van der Waals surface area contributed by atoms with Crippen LogP contribution in [0.25, 0.3) is 33.1 Å². The Balaban J connectivity index is 1.99. The Morgan fingerprint density at radius 1 is 0.905 bits per heavy atom. The highest BCUT2D eigenvalue weighted by molar-refractivity contribution is 6.10. The van der Waals surface area contributed by atoms with E-state index in [4.69, 9.17) is 5.73 Å². The van der Waals surface area contributed by atoms with Gasteiger partial charge in [-0.25, -0.2) is 0 Å². The molecule has 0 aliphatic rings. The second kappa shape index (κ2) is 4.72. The van der Waals surface area contributed by atoms with Crippen molar-refractivity contribution >= 4 is 21.8 Å². The van der Waals surface area contributed by atoms with E-state index in [9.17, 15) is 0 Å². The second-order valence-corrected chi connectivity index (χ2v) is 5.15. The van der Waals surface area contributed by atoms with Crippen LogP contribution in [0.1, 0.15) is 5.56 Å². The predicted molar refractivity (Wildman–Crippen MR) is 86.9 cm³/mol. The molecule has 102 valence electrons. The zero-order valence-electron chi connectivity index (χ0n) is 11.5. The van der Waals surface area contributed by atoms with Gasteiger partial charge < -0.3 is 10.7 Å². The van der Waals surface area contributed by atoms with Gasteiger partial charge in [-0.2, -0.15) is 0 Å². The molecule has 0 saturated heterocycles. The van der Waals surface area contributed by atoms with Gasteiger partial charge in [0.1, 0.15) is 0 Å². The van der Waals surface area contributed by atoms with Crippen LogP contribution < -0.4 is 5.73 Å². The molecule has 2 heterocycles. The highest BCUT2D eigenvalue weighted by Crippen LogP contribution is 2.31. The Morgan fingerprint density at radius 3 is 2.52 bits per heavy atom. The monoisotopic (exact) mass is 273 g/mol. The molecule has 2 aromatic carbocycles. The fraction of sp³-hybridized carbons (Fsp3) is 0.0556. The van der Waals surface area contributed by atoms with Crippen LogP contribution in [-0.4, -0.2) is 9.97 Å². The molecule has 0 aliphatic heterocycles. The van der Waals surface area contributed by atoms with E-state index in [0.29, 0.717) is 6.54 Å². The van der Waals surface area contributed by atoms with Crippen molar-refractivity contribution in [2.24, 2.45) is 5.73 Å². The van der Waals surface area contributed by atoms with E-state index < -0.39 is 0 Å². The number of H-pyrrole nitrogens is 1. The smallest absolute Gasteiger partial charge is 0.0943 e. The van der Waals surface area contributed by atoms with Crippen molar-refractivity contribution in [3.63, 3.8) is 0 Å². The molecule has 0 unspecified atom stereocenters. The van der Waals surface area contributed by atoms with Crippen LogP contribution in [0.15, 0.2) is 60.8 Å². The van der Waals surface area contributed by atoms with Crippen molar-refractivity contribution in [1.29, 1.82) is 0 Å². The lowest BCUT2D eigenvalue weighted by molar-refractivity contribution is 1.07. The van der Waals surface area contributed by atoms with Crippen LogP contribution >= 0.6 is 0 Å². The van der Waals surface area contributed by atoms with Crippen LogP contribution in [-0.2, 0) is 6.54 Å². The number of pyridine rings is 1. The average molecular weight is 273 g/mol. The maximum atomic E-state index is 5.66. The summed E-state index contributed by atoms with van der Waals surface area (Å²) in [7, 11) is 0. The number of fused-ring (bicyclic) bond motifs is 3. The number of nitrogens with one attached hydrogen (secondary N) is 1. The molecular weight excluding hydrogens is 258 g/mol. The zero-order chi connectivity index (χ0) is 14.2. The van der Waals surface area contributed by atoms with Crippen LogP contribution in [0, 0.1) is 0 Å². The molecule has 0 spiro atoms. The van der Waals surface area contributed by atoms with E-state index in [-0.39, 0.29) is 0 Å². The summed E-state index contributed by atoms with van der Waals surface area (Å²) in [6, 6.07) is 18.7. The molecule has 4 rings (SSSR count). The van der Waals surface area contributed by atoms with Gasteiger partial charge in [0.15, 0.2) is 0 Å². The van der Waals surface area contributed by atoms with Crippen molar-refractivity contribution < 1.29 is 0 Å². The minimum atomic E-state index is 0.560. The first-order chi connectivity index (χ1) is 10.4. The SMILES string of the molecule is NCc1ccc(-c2nccc3c2[nH]c2ccccc23)cc1. The average Bonchev–Trinajstić information content (AvgIpc) is 2.94. The molecule has 0 amide bonds. The number of hydrogen-bond acceptors (Lipinski definition) is 2. The Hall–Kier alpha value is -2.65. The third-order valence-electron chi connectivity index (χ3n) is 3.89. The molecule has 2 aromatic heterocycles. The molecule has 21 heavy (non-hydrogen) atoms. The highest BCUT2D eigenvalue weighted by Gasteiger charge is 2.10. The van der Waals surface area contributed by atoms with Gasteiger partial charge in [-0.1, -0.05) is 42.5 Å². The van der Waals surface area contributed by atoms with Crippen molar-refractivity contribution in [3.05, 3.63) is 66.4 Å². The van der Waals surface area contributed by atoms with E-state index >= 15 is 0 Å². The summed E-state index contributed by atoms with van der Waals surface area (Å²) < 4.78 is 0. The maximum Gasteiger partial charge on any atom is 0.0943 e. The summed E-state index contributed by atoms with van der Waals surface area (Å²) in [5.74, 6) is 0. The predicted octanol–water partition coefficient (Wildman–Crippen LogP) is 3.84. The minimum Gasteiger partial charge on any atom is -0.353 e. The van der Waals surface area contributed by atoms with Gasteiger partial charge in [0.25, 0.3) is 0 Å². The van der Waals surface area contributed by atoms with Gasteiger partial charge in [-0.3, -0.25) is 4.98 Å². The van der Waals surface area contributed by atoms with Crippen molar-refractivity contribution in [2.75, 3.05) is 0 Å². The first kappa shape index (κ1) is 12.1. The van der Waals surface area contributed by atoms with Crippen LogP contribution in [0.2, 0.25) is 0 Å². The zero-order valence-corrected chi connectivity index (χ0v) is 11.5. The third kappa shape index (κ3) is 1.90. The van der Waals surface area contributed by atoms with Crippen LogP contribution in [0.3, 0.4) is 0 Å². The Bertz CT molecular complexity index is 920. The molecule has 0 radical (unpaired) electrons. The lowest BCUT2D eigenvalue weighted by Gasteiger charge is -2.04. The fourth-order valence-electron chi connectivity index (χ4n) is 2.79. The standard InChI is InChI=1S/C18H15N3/c19-11-12-5-7-13(8-6-12)17-18-15(9-10-20-17)14-3-1-2-4-16(14)21-18/h1-10,21H,11,19H2. The molecule has 0 atom stereocenters. The molecule has 0 bridgehead atoms. The number of para-hydroxylation sites is 1. The third-order valence-corrected chi connectivity index (χ3v) is 3.89. The van der Waals surface area contributed by atoms with Gasteiger partial charge in [-0.15, -0.1) is 0 Å². The number of nitrogens with zero attached hydrogens (tertiary/aromatic N) is 1. The summed E-state index contributed by atoms with van der Waals surface area (Å²) in [5, 5.41) is 2.44. The number of benzene rings is 2. The van der Waals surface area contributed by atoms with E-state index in [1.165, 1.54) is 10.8 Å². The number of nitrogens with two attached hydrogens (primary N) is 1.